The van der Waals surface area contributed by atoms with Crippen LogP contribution in [-0.2, 0) is 22.5 Å². The van der Waals surface area contributed by atoms with E-state index in [1.165, 1.54) is 0 Å². The standard InChI is InChI=1S/C12H20N4O4/c1-19-3-2-11-15-10(16-20-11)6-14-12(18)7-4-8(13)9(17)5-7/h7-9,17H,2-6,13H2,1H3,(H,14,18)/t7-,8-,9-/m0/s1. The lowest BCUT2D eigenvalue weighted by Crippen LogP contribution is -2.30. The summed E-state index contributed by atoms with van der Waals surface area (Å²) in [4.78, 5) is 16.0. The smallest absolute Gasteiger partial charge is 0.229 e. The van der Waals surface area contributed by atoms with Crippen LogP contribution in [0.4, 0.5) is 0 Å². The second-order valence-electron chi connectivity index (χ2n) is 4.96. The van der Waals surface area contributed by atoms with Gasteiger partial charge in [-0.05, 0) is 12.8 Å². The van der Waals surface area contributed by atoms with Crippen LogP contribution < -0.4 is 11.1 Å². The second-order valence-corrected chi connectivity index (χ2v) is 4.96. The SMILES string of the molecule is COCCc1nc(CNC(=O)[C@H]2C[C@H](N)[C@@H](O)C2)no1. The van der Waals surface area contributed by atoms with Gasteiger partial charge in [-0.15, -0.1) is 0 Å². The van der Waals surface area contributed by atoms with Gasteiger partial charge in [0.05, 0.1) is 25.7 Å². The van der Waals surface area contributed by atoms with Crippen LogP contribution in [-0.4, -0.2) is 47.0 Å². The molecular formula is C12H20N4O4. The average molecular weight is 284 g/mol. The van der Waals surface area contributed by atoms with Crippen LogP contribution in [0.15, 0.2) is 4.52 Å². The van der Waals surface area contributed by atoms with Crippen LogP contribution in [0.3, 0.4) is 0 Å². The molecule has 0 radical (unpaired) electrons. The number of amides is 1. The van der Waals surface area contributed by atoms with Crippen molar-refractivity contribution in [3.8, 4) is 0 Å². The first-order chi connectivity index (χ1) is 9.60. The van der Waals surface area contributed by atoms with E-state index in [4.69, 9.17) is 15.0 Å². The van der Waals surface area contributed by atoms with Gasteiger partial charge in [-0.3, -0.25) is 4.79 Å². The van der Waals surface area contributed by atoms with Crippen LogP contribution in [0.2, 0.25) is 0 Å². The number of aromatic nitrogens is 2. The normalized spacial score (nSPS) is 25.9. The zero-order valence-corrected chi connectivity index (χ0v) is 11.4. The van der Waals surface area contributed by atoms with Gasteiger partial charge in [-0.2, -0.15) is 4.98 Å². The highest BCUT2D eigenvalue weighted by molar-refractivity contribution is 5.79. The molecular weight excluding hydrogens is 264 g/mol. The Morgan fingerprint density at radius 3 is 3.05 bits per heavy atom. The molecule has 8 nitrogen and oxygen atoms in total. The molecule has 1 aromatic heterocycles. The number of ether oxygens (including phenoxy) is 1. The third-order valence-electron chi connectivity index (χ3n) is 3.40. The molecule has 112 valence electrons. The molecule has 8 heteroatoms. The van der Waals surface area contributed by atoms with Crippen molar-refractivity contribution in [3.05, 3.63) is 11.7 Å². The molecule has 0 bridgehead atoms. The summed E-state index contributed by atoms with van der Waals surface area (Å²) in [6.07, 6.45) is 0.842. The highest BCUT2D eigenvalue weighted by Gasteiger charge is 2.34. The molecule has 4 N–H and O–H groups in total. The summed E-state index contributed by atoms with van der Waals surface area (Å²) < 4.78 is 9.91. The molecule has 20 heavy (non-hydrogen) atoms. The maximum atomic E-state index is 11.9. The van der Waals surface area contributed by atoms with Crippen LogP contribution in [0.25, 0.3) is 0 Å². The summed E-state index contributed by atoms with van der Waals surface area (Å²) in [7, 11) is 1.60. The first-order valence-electron chi connectivity index (χ1n) is 6.62. The zero-order valence-electron chi connectivity index (χ0n) is 11.4. The van der Waals surface area contributed by atoms with Crippen molar-refractivity contribution in [1.29, 1.82) is 0 Å². The number of hydrogen-bond donors (Lipinski definition) is 3. The van der Waals surface area contributed by atoms with E-state index in [-0.39, 0.29) is 24.4 Å². The van der Waals surface area contributed by atoms with Gasteiger partial charge in [-0.1, -0.05) is 5.16 Å². The van der Waals surface area contributed by atoms with Crippen LogP contribution >= 0.6 is 0 Å². The molecule has 1 aliphatic carbocycles. The minimum absolute atomic E-state index is 0.139. The van der Waals surface area contributed by atoms with Crippen molar-refractivity contribution < 1.29 is 19.2 Å². The van der Waals surface area contributed by atoms with Gasteiger partial charge in [-0.25, -0.2) is 0 Å². The quantitative estimate of drug-likeness (QED) is 0.610. The maximum absolute atomic E-state index is 11.9. The maximum Gasteiger partial charge on any atom is 0.229 e. The van der Waals surface area contributed by atoms with Gasteiger partial charge in [0, 0.05) is 19.1 Å². The van der Waals surface area contributed by atoms with Crippen molar-refractivity contribution in [2.45, 2.75) is 38.0 Å². The van der Waals surface area contributed by atoms with Crippen molar-refractivity contribution in [3.63, 3.8) is 0 Å². The van der Waals surface area contributed by atoms with E-state index in [9.17, 15) is 9.90 Å². The van der Waals surface area contributed by atoms with Gasteiger partial charge >= 0.3 is 0 Å². The first-order valence-corrected chi connectivity index (χ1v) is 6.62. The van der Waals surface area contributed by atoms with E-state index in [0.29, 0.717) is 37.6 Å². The number of rotatable bonds is 6. The van der Waals surface area contributed by atoms with E-state index in [2.05, 4.69) is 15.5 Å². The number of carbonyl (C=O) groups is 1. The first kappa shape index (κ1) is 14.9. The van der Waals surface area contributed by atoms with Crippen molar-refractivity contribution in [1.82, 2.24) is 15.5 Å². The summed E-state index contributed by atoms with van der Waals surface area (Å²) in [5.41, 5.74) is 5.68. The topological polar surface area (TPSA) is 124 Å². The van der Waals surface area contributed by atoms with Crippen molar-refractivity contribution >= 4 is 5.91 Å². The second kappa shape index (κ2) is 6.78. The largest absolute Gasteiger partial charge is 0.391 e. The lowest BCUT2D eigenvalue weighted by Gasteiger charge is -2.08. The number of nitrogens with zero attached hydrogens (tertiary/aromatic N) is 2. The Kier molecular flexibility index (Phi) is 5.05. The van der Waals surface area contributed by atoms with E-state index in [1.807, 2.05) is 0 Å². The summed E-state index contributed by atoms with van der Waals surface area (Å²) >= 11 is 0. The summed E-state index contributed by atoms with van der Waals surface area (Å²) in [6.45, 7) is 0.711. The summed E-state index contributed by atoms with van der Waals surface area (Å²) in [5, 5.41) is 16.0. The van der Waals surface area contributed by atoms with E-state index in [0.717, 1.165) is 0 Å². The third-order valence-corrected chi connectivity index (χ3v) is 3.40. The predicted molar refractivity (Wildman–Crippen MR) is 68.4 cm³/mol. The number of hydrogen-bond acceptors (Lipinski definition) is 7. The highest BCUT2D eigenvalue weighted by atomic mass is 16.5. The highest BCUT2D eigenvalue weighted by Crippen LogP contribution is 2.24. The number of methoxy groups -OCH3 is 1. The molecule has 1 aromatic rings. The van der Waals surface area contributed by atoms with E-state index < -0.39 is 6.10 Å². The minimum atomic E-state index is -0.600. The third kappa shape index (κ3) is 3.75. The van der Waals surface area contributed by atoms with Crippen molar-refractivity contribution in [2.75, 3.05) is 13.7 Å². The molecule has 0 spiro atoms. The van der Waals surface area contributed by atoms with Gasteiger partial charge in [0.15, 0.2) is 5.82 Å². The molecule has 0 aromatic carbocycles. The van der Waals surface area contributed by atoms with E-state index >= 15 is 0 Å². The average Bonchev–Trinajstić information content (AvgIpc) is 3.01. The van der Waals surface area contributed by atoms with Crippen LogP contribution in [0.1, 0.15) is 24.6 Å². The van der Waals surface area contributed by atoms with Crippen LogP contribution in [0, 0.1) is 5.92 Å². The molecule has 1 heterocycles. The lowest BCUT2D eigenvalue weighted by atomic mass is 10.1. The minimum Gasteiger partial charge on any atom is -0.391 e. The zero-order chi connectivity index (χ0) is 14.5. The molecule has 3 atom stereocenters. The summed E-state index contributed by atoms with van der Waals surface area (Å²) in [5.74, 6) is 0.516. The molecule has 0 saturated heterocycles. The summed E-state index contributed by atoms with van der Waals surface area (Å²) in [6, 6.07) is -0.323. The number of nitrogens with two attached hydrogens (primary N) is 1. The fourth-order valence-corrected chi connectivity index (χ4v) is 2.23. The fourth-order valence-electron chi connectivity index (χ4n) is 2.23. The molecule has 1 aliphatic rings. The lowest BCUT2D eigenvalue weighted by molar-refractivity contribution is -0.125. The van der Waals surface area contributed by atoms with Gasteiger partial charge in [0.25, 0.3) is 0 Å². The molecule has 1 amide bonds. The molecule has 0 aliphatic heterocycles. The number of aliphatic hydroxyl groups is 1. The Morgan fingerprint density at radius 2 is 2.40 bits per heavy atom. The molecule has 1 saturated carbocycles. The Morgan fingerprint density at radius 1 is 1.60 bits per heavy atom. The number of aliphatic hydroxyl groups excluding tert-OH is 1. The Hall–Kier alpha value is -1.51. The Balaban J connectivity index is 1.77. The van der Waals surface area contributed by atoms with Gasteiger partial charge < -0.3 is 25.4 Å². The van der Waals surface area contributed by atoms with Crippen LogP contribution in [0.5, 0.6) is 0 Å². The molecule has 2 rings (SSSR count). The van der Waals surface area contributed by atoms with Gasteiger partial charge in [0.1, 0.15) is 0 Å². The van der Waals surface area contributed by atoms with Crippen molar-refractivity contribution in [2.24, 2.45) is 11.7 Å². The Labute approximate surface area is 116 Å². The molecule has 0 unspecified atom stereocenters. The molecule has 1 fully saturated rings. The number of carbonyl (C=O) groups excluding carboxylic acids is 1. The predicted octanol–water partition coefficient (Wildman–Crippen LogP) is -1.03. The fraction of sp³-hybridized carbons (Fsp3) is 0.750. The van der Waals surface area contributed by atoms with Gasteiger partial charge in [0.2, 0.25) is 11.8 Å². The number of nitrogens with one attached hydrogen (secondary N) is 1. The monoisotopic (exact) mass is 284 g/mol. The Bertz CT molecular complexity index is 440. The van der Waals surface area contributed by atoms with E-state index in [1.54, 1.807) is 7.11 Å².